The monoisotopic (exact) mass is 270 g/mol. The summed E-state index contributed by atoms with van der Waals surface area (Å²) in [4.78, 5) is 0. The Bertz CT molecular complexity index is 468. The first-order valence-corrected chi connectivity index (χ1v) is 7.66. The van der Waals surface area contributed by atoms with Crippen molar-refractivity contribution in [2.75, 3.05) is 0 Å². The van der Waals surface area contributed by atoms with Crippen LogP contribution in [-0.4, -0.2) is 0 Å². The van der Waals surface area contributed by atoms with Crippen molar-refractivity contribution in [1.29, 1.82) is 0 Å². The maximum atomic E-state index is 2.36. The van der Waals surface area contributed by atoms with E-state index in [1.54, 1.807) is 0 Å². The van der Waals surface area contributed by atoms with E-state index in [2.05, 4.69) is 91.1 Å². The number of hydrogen-bond donors (Lipinski definition) is 0. The standard InChI is InChI=1S/C18H26N2/c1-4-17(3)16-18(5-2,19-12-8-6-9-13-19)20-14-10-7-11-15-20/h6-15,17H,4-5,16H2,1-3H3/q+2. The summed E-state index contributed by atoms with van der Waals surface area (Å²) in [5.41, 5.74) is -0.0159. The molecular weight excluding hydrogens is 244 g/mol. The van der Waals surface area contributed by atoms with Gasteiger partial charge in [-0.2, -0.15) is 0 Å². The van der Waals surface area contributed by atoms with Gasteiger partial charge in [0.15, 0.2) is 24.8 Å². The SMILES string of the molecule is CCC(C)CC(CC)([n+]1ccccc1)[n+]1ccccc1. The van der Waals surface area contributed by atoms with Gasteiger partial charge < -0.3 is 0 Å². The molecule has 1 unspecified atom stereocenters. The van der Waals surface area contributed by atoms with Gasteiger partial charge in [0.2, 0.25) is 0 Å². The molecule has 0 aliphatic heterocycles. The van der Waals surface area contributed by atoms with Crippen LogP contribution in [0.2, 0.25) is 0 Å². The minimum Gasteiger partial charge on any atom is -0.142 e. The summed E-state index contributed by atoms with van der Waals surface area (Å²) in [6.45, 7) is 6.90. The van der Waals surface area contributed by atoms with Gasteiger partial charge in [-0.1, -0.05) is 39.3 Å². The van der Waals surface area contributed by atoms with Gasteiger partial charge in [-0.15, -0.1) is 9.13 Å². The predicted octanol–water partition coefficient (Wildman–Crippen LogP) is 3.31. The number of rotatable bonds is 6. The molecule has 20 heavy (non-hydrogen) atoms. The normalized spacial score (nSPS) is 13.2. The molecule has 0 amide bonds. The summed E-state index contributed by atoms with van der Waals surface area (Å²) in [6.07, 6.45) is 12.2. The van der Waals surface area contributed by atoms with Gasteiger partial charge in [0.25, 0.3) is 0 Å². The Balaban J connectivity index is 2.52. The molecule has 0 N–H and O–H groups in total. The molecule has 0 saturated heterocycles. The molecule has 2 aromatic heterocycles. The maximum Gasteiger partial charge on any atom is 0.360 e. The van der Waals surface area contributed by atoms with Gasteiger partial charge in [-0.05, 0) is 5.92 Å². The van der Waals surface area contributed by atoms with Crippen LogP contribution in [0.3, 0.4) is 0 Å². The zero-order chi connectivity index (χ0) is 14.4. The Morgan fingerprint density at radius 3 is 1.60 bits per heavy atom. The molecule has 0 aliphatic rings. The van der Waals surface area contributed by atoms with Crippen molar-refractivity contribution in [3.63, 3.8) is 0 Å². The van der Waals surface area contributed by atoms with E-state index in [9.17, 15) is 0 Å². The second-order valence-corrected chi connectivity index (χ2v) is 5.62. The summed E-state index contributed by atoms with van der Waals surface area (Å²) in [7, 11) is 0. The molecule has 0 fully saturated rings. The highest BCUT2D eigenvalue weighted by atomic mass is 15.2. The van der Waals surface area contributed by atoms with Crippen LogP contribution in [0.4, 0.5) is 0 Å². The van der Waals surface area contributed by atoms with Gasteiger partial charge in [0, 0.05) is 24.3 Å². The molecule has 2 heterocycles. The quantitative estimate of drug-likeness (QED) is 0.712. The molecule has 2 aromatic rings. The lowest BCUT2D eigenvalue weighted by atomic mass is 9.91. The Morgan fingerprint density at radius 2 is 1.25 bits per heavy atom. The van der Waals surface area contributed by atoms with Gasteiger partial charge in [-0.3, -0.25) is 0 Å². The smallest absolute Gasteiger partial charge is 0.142 e. The summed E-state index contributed by atoms with van der Waals surface area (Å²) < 4.78 is 4.72. The van der Waals surface area contributed by atoms with E-state index in [1.807, 2.05) is 0 Å². The van der Waals surface area contributed by atoms with Crippen molar-refractivity contribution >= 4 is 0 Å². The minimum atomic E-state index is -0.0159. The van der Waals surface area contributed by atoms with Crippen LogP contribution in [0.25, 0.3) is 0 Å². The van der Waals surface area contributed by atoms with Crippen LogP contribution < -0.4 is 9.13 Å². The first kappa shape index (κ1) is 14.7. The first-order chi connectivity index (χ1) is 9.73. The van der Waals surface area contributed by atoms with Crippen molar-refractivity contribution in [2.45, 2.75) is 45.7 Å². The Hall–Kier alpha value is -1.70. The third kappa shape index (κ3) is 2.90. The van der Waals surface area contributed by atoms with Gasteiger partial charge >= 0.3 is 5.66 Å². The highest BCUT2D eigenvalue weighted by Gasteiger charge is 2.47. The van der Waals surface area contributed by atoms with E-state index >= 15 is 0 Å². The predicted molar refractivity (Wildman–Crippen MR) is 81.0 cm³/mol. The molecule has 0 spiro atoms. The molecule has 0 aliphatic carbocycles. The molecule has 0 aromatic carbocycles. The van der Waals surface area contributed by atoms with E-state index in [-0.39, 0.29) is 5.66 Å². The highest BCUT2D eigenvalue weighted by Crippen LogP contribution is 2.22. The fraction of sp³-hybridized carbons (Fsp3) is 0.444. The molecule has 2 rings (SSSR count). The molecule has 0 saturated carbocycles. The van der Waals surface area contributed by atoms with Gasteiger partial charge in [-0.25, -0.2) is 0 Å². The average molecular weight is 270 g/mol. The van der Waals surface area contributed by atoms with Crippen molar-refractivity contribution in [3.8, 4) is 0 Å². The maximum absolute atomic E-state index is 2.36. The highest BCUT2D eigenvalue weighted by molar-refractivity contribution is 4.87. The Morgan fingerprint density at radius 1 is 0.800 bits per heavy atom. The molecule has 0 radical (unpaired) electrons. The average Bonchev–Trinajstić information content (AvgIpc) is 2.54. The van der Waals surface area contributed by atoms with E-state index in [0.29, 0.717) is 5.92 Å². The second-order valence-electron chi connectivity index (χ2n) is 5.62. The van der Waals surface area contributed by atoms with E-state index < -0.39 is 0 Å². The Kier molecular flexibility index (Phi) is 4.89. The van der Waals surface area contributed by atoms with Crippen LogP contribution in [0.5, 0.6) is 0 Å². The molecule has 0 bridgehead atoms. The van der Waals surface area contributed by atoms with Crippen molar-refractivity contribution in [2.24, 2.45) is 5.92 Å². The topological polar surface area (TPSA) is 7.76 Å². The number of pyridine rings is 2. The molecule has 106 valence electrons. The number of aromatic nitrogens is 2. The van der Waals surface area contributed by atoms with Crippen LogP contribution in [0, 0.1) is 5.92 Å². The summed E-state index contributed by atoms with van der Waals surface area (Å²) in [6, 6.07) is 12.6. The second kappa shape index (κ2) is 6.65. The lowest BCUT2D eigenvalue weighted by Crippen LogP contribution is -2.73. The summed E-state index contributed by atoms with van der Waals surface area (Å²) in [5.74, 6) is 0.690. The van der Waals surface area contributed by atoms with E-state index in [0.717, 1.165) is 12.8 Å². The third-order valence-corrected chi connectivity index (χ3v) is 4.33. The minimum absolute atomic E-state index is 0.0159. The van der Waals surface area contributed by atoms with E-state index in [1.165, 1.54) is 6.42 Å². The number of hydrogen-bond acceptors (Lipinski definition) is 0. The zero-order valence-corrected chi connectivity index (χ0v) is 12.9. The molecule has 2 heteroatoms. The van der Waals surface area contributed by atoms with Crippen LogP contribution >= 0.6 is 0 Å². The molecule has 2 nitrogen and oxygen atoms in total. The van der Waals surface area contributed by atoms with Gasteiger partial charge in [0.05, 0.1) is 12.8 Å². The first-order valence-electron chi connectivity index (χ1n) is 7.66. The van der Waals surface area contributed by atoms with Crippen molar-refractivity contribution in [3.05, 3.63) is 61.2 Å². The largest absolute Gasteiger partial charge is 0.360 e. The van der Waals surface area contributed by atoms with Crippen molar-refractivity contribution < 1.29 is 9.13 Å². The fourth-order valence-electron chi connectivity index (χ4n) is 2.91. The lowest BCUT2D eigenvalue weighted by Gasteiger charge is -2.24. The summed E-state index contributed by atoms with van der Waals surface area (Å²) >= 11 is 0. The molecule has 1 atom stereocenters. The molecular formula is C18H26N2+2. The Labute approximate surface area is 122 Å². The van der Waals surface area contributed by atoms with Crippen LogP contribution in [-0.2, 0) is 5.66 Å². The number of nitrogens with zero attached hydrogens (tertiary/aromatic N) is 2. The van der Waals surface area contributed by atoms with Crippen molar-refractivity contribution in [1.82, 2.24) is 0 Å². The fourth-order valence-corrected chi connectivity index (χ4v) is 2.91. The summed E-state index contributed by atoms with van der Waals surface area (Å²) in [5, 5.41) is 0. The third-order valence-electron chi connectivity index (χ3n) is 4.33. The van der Waals surface area contributed by atoms with Crippen LogP contribution in [0.15, 0.2) is 61.2 Å². The zero-order valence-electron chi connectivity index (χ0n) is 12.9. The lowest BCUT2D eigenvalue weighted by molar-refractivity contribution is -0.997. The van der Waals surface area contributed by atoms with E-state index in [4.69, 9.17) is 0 Å². The van der Waals surface area contributed by atoms with Gasteiger partial charge in [0.1, 0.15) is 0 Å². The van der Waals surface area contributed by atoms with Crippen LogP contribution in [0.1, 0.15) is 40.0 Å².